The molecule has 0 amide bonds. The van der Waals surface area contributed by atoms with E-state index >= 15 is 0 Å². The first kappa shape index (κ1) is 38.2. The molecule has 4 heterocycles. The van der Waals surface area contributed by atoms with Crippen molar-refractivity contribution < 1.29 is 55.6 Å². The Kier molecular flexibility index (Phi) is 12.8. The average molecular weight is 804 g/mol. The lowest BCUT2D eigenvalue weighted by molar-refractivity contribution is -0.00176. The van der Waals surface area contributed by atoms with Crippen LogP contribution in [-0.4, -0.2) is 106 Å². The van der Waals surface area contributed by atoms with Crippen LogP contribution in [-0.2, 0) is 46.5 Å². The topological polar surface area (TPSA) is 148 Å². The normalized spacial score (nSPS) is 26.4. The molecule has 0 saturated carbocycles. The minimum Gasteiger partial charge on any atom is -0.413 e. The molecule has 0 aliphatic carbocycles. The summed E-state index contributed by atoms with van der Waals surface area (Å²) in [5.74, 6) is 1.07. The summed E-state index contributed by atoms with van der Waals surface area (Å²) in [6, 6.07) is 24.3. The van der Waals surface area contributed by atoms with Crippen molar-refractivity contribution in [2.24, 2.45) is 13.5 Å². The fourth-order valence-electron chi connectivity index (χ4n) is 6.23. The summed E-state index contributed by atoms with van der Waals surface area (Å²) in [6.45, 7) is 4.37. The van der Waals surface area contributed by atoms with Gasteiger partial charge in [0.05, 0.1) is 106 Å². The van der Waals surface area contributed by atoms with Crippen molar-refractivity contribution >= 4 is 44.5 Å². The molecule has 4 aliphatic heterocycles. The Morgan fingerprint density at radius 3 is 1.04 bits per heavy atom. The Morgan fingerprint density at radius 1 is 0.333 bits per heavy atom. The molecule has 0 unspecified atom stereocenters. The van der Waals surface area contributed by atoms with Crippen molar-refractivity contribution in [3.8, 4) is 22.6 Å². The summed E-state index contributed by atoms with van der Waals surface area (Å²) in [5.41, 5.74) is 1.72. The van der Waals surface area contributed by atoms with E-state index in [1.165, 1.54) is 0 Å². The molecule has 0 N–H and O–H groups in total. The Balaban J connectivity index is 1.33. The van der Waals surface area contributed by atoms with Gasteiger partial charge in [-0.25, -0.2) is 0 Å². The van der Waals surface area contributed by atoms with Crippen LogP contribution in [0.1, 0.15) is 0 Å². The molecule has 0 aromatic heterocycles. The minimum absolute atomic E-state index is 0.0874. The van der Waals surface area contributed by atoms with Gasteiger partial charge in [-0.3, -0.25) is 0 Å². The maximum absolute atomic E-state index is 7.07. The Labute approximate surface area is 314 Å². The largest absolute Gasteiger partial charge is 0.457 e. The van der Waals surface area contributed by atoms with E-state index in [1.807, 2.05) is 48.5 Å². The lowest BCUT2D eigenvalue weighted by Gasteiger charge is -2.33. The lowest BCUT2D eigenvalue weighted by atomic mass is 9.92. The molecular weight excluding hydrogens is 759 g/mol. The number of benzene rings is 4. The van der Waals surface area contributed by atoms with Gasteiger partial charge in [0.2, 0.25) is 0 Å². The number of hydrogen-bond acceptors (Lipinski definition) is 15. The standard InChI is InChI=1S/C36H44N3O12P3/c1-3-7-31-29(5-1)9-11-33-35(31)36-32-8-4-2-6-30(32)10-12-34(36)51-54(50-33)38-52-37-53(39-54,47-26-22-43-18-14-40-13-17-42-21-25-46-52)49-28-24-45-20-16-41-15-19-44-23-27-48-52/h1-12H,13-28H2. The second kappa shape index (κ2) is 18.0. The molecule has 18 heteroatoms. The van der Waals surface area contributed by atoms with Gasteiger partial charge in [-0.1, -0.05) is 60.7 Å². The fraction of sp³-hybridized carbons (Fsp3) is 0.444. The predicted octanol–water partition coefficient (Wildman–Crippen LogP) is 8.48. The van der Waals surface area contributed by atoms with Crippen LogP contribution >= 0.6 is 23.0 Å². The van der Waals surface area contributed by atoms with E-state index in [1.54, 1.807) is 0 Å². The van der Waals surface area contributed by atoms with Crippen LogP contribution in [0.15, 0.2) is 86.3 Å². The molecule has 0 saturated heterocycles. The van der Waals surface area contributed by atoms with Gasteiger partial charge in [-0.15, -0.1) is 13.5 Å². The molecule has 0 radical (unpaired) electrons. The van der Waals surface area contributed by atoms with Crippen LogP contribution in [0.3, 0.4) is 0 Å². The smallest absolute Gasteiger partial charge is 0.413 e. The lowest BCUT2D eigenvalue weighted by Crippen LogP contribution is -2.16. The minimum atomic E-state index is -3.85. The van der Waals surface area contributed by atoms with Crippen molar-refractivity contribution in [1.82, 2.24) is 0 Å². The zero-order chi connectivity index (χ0) is 36.5. The van der Waals surface area contributed by atoms with Gasteiger partial charge in [0.1, 0.15) is 11.5 Å². The van der Waals surface area contributed by atoms with Gasteiger partial charge in [0.25, 0.3) is 0 Å². The quantitative estimate of drug-likeness (QED) is 0.157. The third kappa shape index (κ3) is 8.96. The van der Waals surface area contributed by atoms with E-state index in [9.17, 15) is 0 Å². The maximum Gasteiger partial charge on any atom is 0.457 e. The van der Waals surface area contributed by atoms with Crippen LogP contribution in [0.5, 0.6) is 11.5 Å². The molecule has 0 fully saturated rings. The van der Waals surface area contributed by atoms with Crippen molar-refractivity contribution in [3.05, 3.63) is 72.8 Å². The summed E-state index contributed by atoms with van der Waals surface area (Å²) >= 11 is 0. The van der Waals surface area contributed by atoms with Crippen molar-refractivity contribution in [3.63, 3.8) is 0 Å². The third-order valence-corrected chi connectivity index (χ3v) is 17.0. The predicted molar refractivity (Wildman–Crippen MR) is 205 cm³/mol. The van der Waals surface area contributed by atoms with Crippen LogP contribution < -0.4 is 9.05 Å². The highest BCUT2D eigenvalue weighted by Gasteiger charge is 2.47. The highest BCUT2D eigenvalue weighted by molar-refractivity contribution is 7.78. The molecule has 54 heavy (non-hydrogen) atoms. The van der Waals surface area contributed by atoms with E-state index in [4.69, 9.17) is 69.1 Å². The summed E-state index contributed by atoms with van der Waals surface area (Å²) in [6.07, 6.45) is 0. The molecule has 2 bridgehead atoms. The van der Waals surface area contributed by atoms with Crippen molar-refractivity contribution in [2.45, 2.75) is 0 Å². The highest BCUT2D eigenvalue weighted by Crippen LogP contribution is 2.80. The number of rotatable bonds is 0. The van der Waals surface area contributed by atoms with Gasteiger partial charge in [-0.05, 0) is 33.7 Å². The maximum atomic E-state index is 7.07. The van der Waals surface area contributed by atoms with Gasteiger partial charge in [0.15, 0.2) is 0 Å². The zero-order valence-corrected chi connectivity index (χ0v) is 32.5. The molecular formula is C36H44N3O12P3. The molecule has 290 valence electrons. The molecule has 1 spiro atoms. The van der Waals surface area contributed by atoms with E-state index in [2.05, 4.69) is 24.3 Å². The van der Waals surface area contributed by atoms with Crippen LogP contribution in [0.25, 0.3) is 32.7 Å². The Morgan fingerprint density at radius 2 is 0.648 bits per heavy atom. The first-order chi connectivity index (χ1) is 26.7. The summed E-state index contributed by atoms with van der Waals surface area (Å²) in [7, 11) is -11.3. The highest BCUT2D eigenvalue weighted by atomic mass is 31.3. The third-order valence-electron chi connectivity index (χ3n) is 8.58. The van der Waals surface area contributed by atoms with Crippen LogP contribution in [0.4, 0.5) is 0 Å². The first-order valence-corrected chi connectivity index (χ1v) is 22.6. The summed E-state index contributed by atoms with van der Waals surface area (Å²) < 4.78 is 90.5. The second-order valence-corrected chi connectivity index (χ2v) is 18.7. The Bertz CT molecular complexity index is 1940. The number of nitrogens with zero attached hydrogens (tertiary/aromatic N) is 3. The molecule has 0 atom stereocenters. The van der Waals surface area contributed by atoms with Gasteiger partial charge < -0.3 is 55.6 Å². The number of hydrogen-bond donors (Lipinski definition) is 0. The number of fused-ring (bicyclic) bond motifs is 7. The van der Waals surface area contributed by atoms with Crippen molar-refractivity contribution in [2.75, 3.05) is 106 Å². The first-order valence-electron chi connectivity index (χ1n) is 18.0. The van der Waals surface area contributed by atoms with Crippen LogP contribution in [0, 0.1) is 0 Å². The van der Waals surface area contributed by atoms with Gasteiger partial charge in [-0.2, -0.15) is 0 Å². The van der Waals surface area contributed by atoms with E-state index < -0.39 is 23.0 Å². The monoisotopic (exact) mass is 803 g/mol. The van der Waals surface area contributed by atoms with E-state index in [0.717, 1.165) is 32.7 Å². The summed E-state index contributed by atoms with van der Waals surface area (Å²) in [5, 5.41) is 4.05. The van der Waals surface area contributed by atoms with E-state index in [0.29, 0.717) is 64.4 Å². The molecule has 8 rings (SSSR count). The average Bonchev–Trinajstić information content (AvgIpc) is 3.31. The fourth-order valence-corrected chi connectivity index (χ4v) is 15.5. The van der Waals surface area contributed by atoms with Gasteiger partial charge in [0, 0.05) is 11.1 Å². The van der Waals surface area contributed by atoms with Crippen molar-refractivity contribution in [1.29, 1.82) is 0 Å². The summed E-state index contributed by atoms with van der Waals surface area (Å²) in [4.78, 5) is 0. The second-order valence-electron chi connectivity index (χ2n) is 12.2. The Hall–Kier alpha value is -2.71. The molecule has 4 aromatic carbocycles. The molecule has 15 nitrogen and oxygen atoms in total. The van der Waals surface area contributed by atoms with E-state index in [-0.39, 0.29) is 52.9 Å². The SMILES string of the molecule is c1ccc2c3c(ccc2c1)OP1(=NP24=NP(=N1)(OCCOCCOCCOCCO2)OCCOCCOCCOCCO4)Oc1ccc2ccccc2c1-3. The number of ether oxygens (including phenoxy) is 6. The van der Waals surface area contributed by atoms with Gasteiger partial charge >= 0.3 is 23.0 Å². The zero-order valence-electron chi connectivity index (χ0n) is 29.8. The molecule has 4 aliphatic rings. The van der Waals surface area contributed by atoms with Crippen LogP contribution in [0.2, 0.25) is 0 Å². The molecule has 4 aromatic rings.